The zero-order valence-electron chi connectivity index (χ0n) is 23.4. The molecular formula is C29H39N3O7. The highest BCUT2D eigenvalue weighted by Gasteiger charge is 2.29. The van der Waals surface area contributed by atoms with Gasteiger partial charge in [-0.3, -0.25) is 14.4 Å². The number of rotatable bonds is 13. The molecule has 2 aromatic carbocycles. The Balaban J connectivity index is 1.94. The van der Waals surface area contributed by atoms with Gasteiger partial charge in [0.25, 0.3) is 0 Å². The summed E-state index contributed by atoms with van der Waals surface area (Å²) in [6.45, 7) is 3.09. The SMILES string of the molecule is COCCCNC(=O)CCCNc1ccc2c(cc1=O)[C@@H](NC(C)=O)CCc1cc(OC)c(OC)c(OC)c1-2. The van der Waals surface area contributed by atoms with E-state index in [4.69, 9.17) is 18.9 Å². The van der Waals surface area contributed by atoms with Crippen molar-refractivity contribution < 1.29 is 28.5 Å². The van der Waals surface area contributed by atoms with E-state index in [2.05, 4.69) is 16.0 Å². The number of benzene rings is 1. The van der Waals surface area contributed by atoms with Crippen LogP contribution in [-0.2, 0) is 20.7 Å². The minimum Gasteiger partial charge on any atom is -0.493 e. The zero-order valence-corrected chi connectivity index (χ0v) is 23.4. The van der Waals surface area contributed by atoms with Crippen LogP contribution in [0.25, 0.3) is 11.1 Å². The second kappa shape index (κ2) is 14.4. The first-order valence-electron chi connectivity index (χ1n) is 13.1. The van der Waals surface area contributed by atoms with E-state index in [-0.39, 0.29) is 23.3 Å². The van der Waals surface area contributed by atoms with E-state index in [0.29, 0.717) is 73.9 Å². The van der Waals surface area contributed by atoms with Crippen LogP contribution in [0.3, 0.4) is 0 Å². The molecule has 3 N–H and O–H groups in total. The van der Waals surface area contributed by atoms with Gasteiger partial charge in [-0.15, -0.1) is 0 Å². The standard InChI is InChI=1S/C29H39N3O7/c1-18(33)32-22-11-9-19-16-25(37-3)28(38-4)29(39-5)27(19)20-10-12-23(24(34)17-21(20)22)30-13-6-8-26(35)31-14-7-15-36-2/h10,12,16-17,22H,6-9,11,13-15H2,1-5H3,(H,30,34)(H,31,35)(H,32,33)/t22-/m0/s1. The van der Waals surface area contributed by atoms with Crippen LogP contribution in [0, 0.1) is 0 Å². The molecule has 10 nitrogen and oxygen atoms in total. The average Bonchev–Trinajstić information content (AvgIpc) is 3.16. The van der Waals surface area contributed by atoms with Gasteiger partial charge in [0.2, 0.25) is 23.0 Å². The topological polar surface area (TPSA) is 124 Å². The van der Waals surface area contributed by atoms with Crippen molar-refractivity contribution in [2.75, 3.05) is 53.5 Å². The van der Waals surface area contributed by atoms with Crippen LogP contribution in [0.1, 0.15) is 49.8 Å². The summed E-state index contributed by atoms with van der Waals surface area (Å²) in [6, 6.07) is 6.73. The first-order chi connectivity index (χ1) is 18.8. The molecule has 1 aliphatic rings. The Kier molecular flexibility index (Phi) is 11.0. The maximum atomic E-state index is 13.3. The number of fused-ring (bicyclic) bond motifs is 3. The Morgan fingerprint density at radius 1 is 0.974 bits per heavy atom. The lowest BCUT2D eigenvalue weighted by Gasteiger charge is -2.19. The summed E-state index contributed by atoms with van der Waals surface area (Å²) in [5, 5.41) is 9.04. The van der Waals surface area contributed by atoms with Crippen molar-refractivity contribution in [2.45, 2.75) is 45.1 Å². The highest BCUT2D eigenvalue weighted by Crippen LogP contribution is 2.50. The molecule has 0 saturated heterocycles. The van der Waals surface area contributed by atoms with Gasteiger partial charge in [0.1, 0.15) is 0 Å². The van der Waals surface area contributed by atoms with Gasteiger partial charge in [-0.05, 0) is 60.6 Å². The van der Waals surface area contributed by atoms with Crippen molar-refractivity contribution in [1.29, 1.82) is 0 Å². The van der Waals surface area contributed by atoms with Crippen LogP contribution in [0.2, 0.25) is 0 Å². The van der Waals surface area contributed by atoms with Gasteiger partial charge >= 0.3 is 0 Å². The van der Waals surface area contributed by atoms with E-state index in [0.717, 1.165) is 23.1 Å². The molecule has 0 saturated carbocycles. The molecule has 10 heteroatoms. The highest BCUT2D eigenvalue weighted by molar-refractivity contribution is 5.83. The number of anilines is 1. The second-order valence-electron chi connectivity index (χ2n) is 9.32. The van der Waals surface area contributed by atoms with E-state index in [1.165, 1.54) is 6.92 Å². The van der Waals surface area contributed by atoms with Gasteiger partial charge in [0.15, 0.2) is 11.5 Å². The monoisotopic (exact) mass is 541 g/mol. The maximum absolute atomic E-state index is 13.3. The van der Waals surface area contributed by atoms with Crippen LogP contribution in [0.15, 0.2) is 29.1 Å². The first kappa shape index (κ1) is 29.8. The van der Waals surface area contributed by atoms with Crippen molar-refractivity contribution in [3.05, 3.63) is 45.6 Å². The third kappa shape index (κ3) is 7.41. The summed E-state index contributed by atoms with van der Waals surface area (Å²) in [5.74, 6) is 1.28. The molecule has 212 valence electrons. The predicted molar refractivity (Wildman–Crippen MR) is 150 cm³/mol. The van der Waals surface area contributed by atoms with Crippen molar-refractivity contribution in [1.82, 2.24) is 10.6 Å². The van der Waals surface area contributed by atoms with Crippen LogP contribution in [0.4, 0.5) is 5.69 Å². The smallest absolute Gasteiger partial charge is 0.220 e. The summed E-state index contributed by atoms with van der Waals surface area (Å²) in [4.78, 5) is 37.4. The lowest BCUT2D eigenvalue weighted by atomic mass is 9.95. The van der Waals surface area contributed by atoms with E-state index < -0.39 is 0 Å². The molecule has 0 heterocycles. The molecule has 0 bridgehead atoms. The molecule has 0 fully saturated rings. The number of hydrogen-bond acceptors (Lipinski definition) is 8. The normalized spacial score (nSPS) is 13.8. The van der Waals surface area contributed by atoms with Gasteiger partial charge in [0.05, 0.1) is 33.1 Å². The van der Waals surface area contributed by atoms with E-state index in [9.17, 15) is 14.4 Å². The Bertz CT molecular complexity index is 1230. The molecule has 0 radical (unpaired) electrons. The van der Waals surface area contributed by atoms with Crippen molar-refractivity contribution in [3.8, 4) is 28.4 Å². The number of methoxy groups -OCH3 is 4. The molecule has 39 heavy (non-hydrogen) atoms. The van der Waals surface area contributed by atoms with E-state index in [1.807, 2.05) is 12.1 Å². The van der Waals surface area contributed by atoms with Crippen LogP contribution < -0.4 is 35.6 Å². The Morgan fingerprint density at radius 2 is 1.74 bits per heavy atom. The number of nitrogens with one attached hydrogen (secondary N) is 3. The number of aryl methyl sites for hydroxylation is 1. The molecule has 1 aliphatic carbocycles. The summed E-state index contributed by atoms with van der Waals surface area (Å²) < 4.78 is 22.0. The molecule has 0 aromatic heterocycles. The number of hydrogen-bond donors (Lipinski definition) is 3. The molecule has 3 rings (SSSR count). The highest BCUT2D eigenvalue weighted by atomic mass is 16.5. The first-order valence-corrected chi connectivity index (χ1v) is 13.1. The van der Waals surface area contributed by atoms with Gasteiger partial charge in [-0.2, -0.15) is 0 Å². The fourth-order valence-electron chi connectivity index (χ4n) is 4.86. The summed E-state index contributed by atoms with van der Waals surface area (Å²) in [6.07, 6.45) is 2.89. The molecule has 0 spiro atoms. The van der Waals surface area contributed by atoms with Crippen LogP contribution in [0.5, 0.6) is 17.2 Å². The second-order valence-corrected chi connectivity index (χ2v) is 9.32. The molecule has 2 aromatic rings. The lowest BCUT2D eigenvalue weighted by molar-refractivity contribution is -0.121. The quantitative estimate of drug-likeness (QED) is 0.330. The van der Waals surface area contributed by atoms with Crippen molar-refractivity contribution in [2.24, 2.45) is 0 Å². The number of carbonyl (C=O) groups excluding carboxylic acids is 2. The zero-order chi connectivity index (χ0) is 28.4. The maximum Gasteiger partial charge on any atom is 0.220 e. The fourth-order valence-corrected chi connectivity index (χ4v) is 4.86. The minimum absolute atomic E-state index is 0.0354. The molecule has 0 aliphatic heterocycles. The molecule has 2 amide bonds. The molecular weight excluding hydrogens is 502 g/mol. The van der Waals surface area contributed by atoms with Crippen LogP contribution in [-0.4, -0.2) is 59.9 Å². The molecule has 0 unspecified atom stereocenters. The summed E-state index contributed by atoms with van der Waals surface area (Å²) >= 11 is 0. The summed E-state index contributed by atoms with van der Waals surface area (Å²) in [5.41, 5.74) is 3.42. The van der Waals surface area contributed by atoms with Gasteiger partial charge < -0.3 is 34.9 Å². The minimum atomic E-state index is -0.374. The lowest BCUT2D eigenvalue weighted by Crippen LogP contribution is -2.26. The fraction of sp³-hybridized carbons (Fsp3) is 0.483. The Morgan fingerprint density at radius 3 is 2.41 bits per heavy atom. The Hall–Kier alpha value is -3.79. The number of amides is 2. The van der Waals surface area contributed by atoms with E-state index in [1.54, 1.807) is 40.6 Å². The number of carbonyl (C=O) groups is 2. The predicted octanol–water partition coefficient (Wildman–Crippen LogP) is 3.21. The van der Waals surface area contributed by atoms with Gasteiger partial charge in [0, 0.05) is 45.7 Å². The van der Waals surface area contributed by atoms with Gasteiger partial charge in [-0.1, -0.05) is 6.07 Å². The average molecular weight is 542 g/mol. The Labute approximate surface area is 229 Å². The van der Waals surface area contributed by atoms with Gasteiger partial charge in [-0.25, -0.2) is 0 Å². The summed E-state index contributed by atoms with van der Waals surface area (Å²) in [7, 11) is 6.31. The van der Waals surface area contributed by atoms with Crippen molar-refractivity contribution >= 4 is 17.5 Å². The number of ether oxygens (including phenoxy) is 4. The third-order valence-corrected chi connectivity index (χ3v) is 6.66. The van der Waals surface area contributed by atoms with E-state index >= 15 is 0 Å². The third-order valence-electron chi connectivity index (χ3n) is 6.66. The largest absolute Gasteiger partial charge is 0.493 e. The molecule has 1 atom stereocenters. The van der Waals surface area contributed by atoms with Crippen LogP contribution >= 0.6 is 0 Å². The van der Waals surface area contributed by atoms with Crippen molar-refractivity contribution in [3.63, 3.8) is 0 Å².